The van der Waals surface area contributed by atoms with E-state index >= 15 is 4.39 Å². The molecule has 0 unspecified atom stereocenters. The Balaban J connectivity index is 1.78. The van der Waals surface area contributed by atoms with Crippen LogP contribution in [0.25, 0.3) is 17.0 Å². The summed E-state index contributed by atoms with van der Waals surface area (Å²) in [4.78, 5) is 7.02. The van der Waals surface area contributed by atoms with Gasteiger partial charge in [-0.1, -0.05) is 12.7 Å². The molecule has 4 rings (SSSR count). The molecule has 1 saturated heterocycles. The number of nitrogens with two attached hydrogens (primary N) is 1. The fourth-order valence-electron chi connectivity index (χ4n) is 4.48. The Kier molecular flexibility index (Phi) is 8.08. The number of nitrogens with one attached hydrogen (secondary N) is 1. The van der Waals surface area contributed by atoms with E-state index in [0.717, 1.165) is 61.4 Å². The summed E-state index contributed by atoms with van der Waals surface area (Å²) >= 11 is 0. The van der Waals surface area contributed by atoms with Crippen molar-refractivity contribution in [3.05, 3.63) is 83.4 Å². The number of benzene rings is 1. The maximum atomic E-state index is 15.2. The standard InChI is InChI=1S/C29H34F2N4O/c1-4-10-24(35-17-8-7-9-18-35)22(5-2)33-28(19-11-12-19)29-21(32)14-15-23(34-29)26-20(30)13-16-25(27(26)31)36-6-3/h4-5,10,13-16,33H,2,6-9,11-12,17-18,32H2,1,3H3/b10-4-,24-22-. The molecule has 1 saturated carbocycles. The topological polar surface area (TPSA) is 63.4 Å². The van der Waals surface area contributed by atoms with Crippen LogP contribution in [-0.2, 0) is 0 Å². The molecule has 0 atom stereocenters. The van der Waals surface area contributed by atoms with Crippen molar-refractivity contribution in [2.75, 3.05) is 25.4 Å². The molecule has 3 N–H and O–H groups in total. The fraction of sp³-hybridized carbons (Fsp3) is 0.345. The van der Waals surface area contributed by atoms with Gasteiger partial charge in [-0.2, -0.15) is 0 Å². The second-order valence-electron chi connectivity index (χ2n) is 8.96. The minimum atomic E-state index is -0.777. The van der Waals surface area contributed by atoms with E-state index < -0.39 is 11.6 Å². The van der Waals surface area contributed by atoms with Crippen molar-refractivity contribution in [1.82, 2.24) is 15.2 Å². The molecular formula is C29H34F2N4O. The maximum absolute atomic E-state index is 15.2. The van der Waals surface area contributed by atoms with Gasteiger partial charge in [0, 0.05) is 13.1 Å². The molecule has 36 heavy (non-hydrogen) atoms. The summed E-state index contributed by atoms with van der Waals surface area (Å²) in [7, 11) is 0. The molecule has 2 aromatic rings. The lowest BCUT2D eigenvalue weighted by Crippen LogP contribution is -2.31. The first kappa shape index (κ1) is 25.5. The average molecular weight is 493 g/mol. The molecule has 7 heteroatoms. The van der Waals surface area contributed by atoms with Gasteiger partial charge in [0.1, 0.15) is 11.5 Å². The van der Waals surface area contributed by atoms with Gasteiger partial charge in [0.05, 0.1) is 40.6 Å². The van der Waals surface area contributed by atoms with Crippen molar-refractivity contribution in [3.8, 4) is 17.0 Å². The van der Waals surface area contributed by atoms with Crippen molar-refractivity contribution in [2.45, 2.75) is 46.0 Å². The Morgan fingerprint density at radius 1 is 1.17 bits per heavy atom. The highest BCUT2D eigenvalue weighted by Gasteiger charge is 2.25. The van der Waals surface area contributed by atoms with Crippen LogP contribution in [0.2, 0.25) is 0 Å². The Morgan fingerprint density at radius 3 is 2.56 bits per heavy atom. The lowest BCUT2D eigenvalue weighted by molar-refractivity contribution is 0.290. The van der Waals surface area contributed by atoms with Crippen LogP contribution >= 0.6 is 0 Å². The van der Waals surface area contributed by atoms with Crippen LogP contribution in [0.5, 0.6) is 5.75 Å². The van der Waals surface area contributed by atoms with Crippen molar-refractivity contribution in [2.24, 2.45) is 0 Å². The van der Waals surface area contributed by atoms with E-state index in [1.165, 1.54) is 24.6 Å². The number of hydrogen-bond donors (Lipinski definition) is 2. The Bertz CT molecular complexity index is 1220. The molecule has 2 heterocycles. The number of pyridine rings is 1. The van der Waals surface area contributed by atoms with E-state index in [1.54, 1.807) is 19.1 Å². The van der Waals surface area contributed by atoms with Crippen LogP contribution in [0.15, 0.2) is 66.0 Å². The van der Waals surface area contributed by atoms with Gasteiger partial charge >= 0.3 is 0 Å². The van der Waals surface area contributed by atoms with E-state index in [2.05, 4.69) is 27.9 Å². The number of halogens is 2. The van der Waals surface area contributed by atoms with Gasteiger partial charge in [-0.25, -0.2) is 13.8 Å². The predicted octanol–water partition coefficient (Wildman–Crippen LogP) is 6.56. The summed E-state index contributed by atoms with van der Waals surface area (Å²) in [6, 6.07) is 5.66. The lowest BCUT2D eigenvalue weighted by atomic mass is 10.1. The SMILES string of the molecule is C=C/C(NC(=C1CC1)c1nc(-c2c(F)ccc(OCC)c2F)ccc1N)=C(\C=C/C)N1CCCCC1. The van der Waals surface area contributed by atoms with Gasteiger partial charge in [0.2, 0.25) is 0 Å². The second kappa shape index (κ2) is 11.4. The first-order chi connectivity index (χ1) is 17.5. The average Bonchev–Trinajstić information content (AvgIpc) is 3.73. The third-order valence-corrected chi connectivity index (χ3v) is 6.39. The Morgan fingerprint density at radius 2 is 1.92 bits per heavy atom. The van der Waals surface area contributed by atoms with Gasteiger partial charge in [0.15, 0.2) is 11.6 Å². The predicted molar refractivity (Wildman–Crippen MR) is 142 cm³/mol. The molecule has 1 aromatic carbocycles. The van der Waals surface area contributed by atoms with Crippen LogP contribution in [0.4, 0.5) is 14.5 Å². The molecular weight excluding hydrogens is 458 g/mol. The van der Waals surface area contributed by atoms with Gasteiger partial charge in [-0.3, -0.25) is 0 Å². The molecule has 1 aromatic heterocycles. The van der Waals surface area contributed by atoms with Crippen LogP contribution < -0.4 is 15.8 Å². The van der Waals surface area contributed by atoms with E-state index in [9.17, 15) is 4.39 Å². The molecule has 2 fully saturated rings. The first-order valence-electron chi connectivity index (χ1n) is 12.6. The van der Waals surface area contributed by atoms with Crippen molar-refractivity contribution in [3.63, 3.8) is 0 Å². The van der Waals surface area contributed by atoms with Crippen LogP contribution in [0, 0.1) is 11.6 Å². The van der Waals surface area contributed by atoms with Gasteiger partial charge < -0.3 is 20.7 Å². The first-order valence-corrected chi connectivity index (χ1v) is 12.6. The summed E-state index contributed by atoms with van der Waals surface area (Å²) in [5, 5.41) is 3.54. The number of aromatic nitrogens is 1. The number of hydrogen-bond acceptors (Lipinski definition) is 5. The minimum absolute atomic E-state index is 0.0117. The number of ether oxygens (including phenoxy) is 1. The zero-order valence-corrected chi connectivity index (χ0v) is 21.0. The summed E-state index contributed by atoms with van der Waals surface area (Å²) in [5.74, 6) is -1.50. The van der Waals surface area contributed by atoms with Crippen LogP contribution in [0.3, 0.4) is 0 Å². The van der Waals surface area contributed by atoms with E-state index in [-0.39, 0.29) is 23.6 Å². The smallest absolute Gasteiger partial charge is 0.177 e. The molecule has 0 spiro atoms. The van der Waals surface area contributed by atoms with Gasteiger partial charge in [0.25, 0.3) is 0 Å². The third-order valence-electron chi connectivity index (χ3n) is 6.39. The summed E-state index contributed by atoms with van der Waals surface area (Å²) in [5.41, 5.74) is 11.0. The van der Waals surface area contributed by atoms with Crippen LogP contribution in [0.1, 0.15) is 51.6 Å². The molecule has 0 bridgehead atoms. The van der Waals surface area contributed by atoms with Crippen molar-refractivity contribution in [1.29, 1.82) is 0 Å². The van der Waals surface area contributed by atoms with E-state index in [0.29, 0.717) is 11.4 Å². The highest BCUT2D eigenvalue weighted by Crippen LogP contribution is 2.39. The quantitative estimate of drug-likeness (QED) is 0.388. The monoisotopic (exact) mass is 492 g/mol. The summed E-state index contributed by atoms with van der Waals surface area (Å²) < 4.78 is 35.3. The zero-order chi connectivity index (χ0) is 25.7. The molecule has 5 nitrogen and oxygen atoms in total. The minimum Gasteiger partial charge on any atom is -0.491 e. The molecule has 1 aliphatic carbocycles. The third kappa shape index (κ3) is 5.45. The number of allylic oxidation sites excluding steroid dienone is 4. The number of anilines is 1. The Hall–Kier alpha value is -3.61. The number of nitrogen functional groups attached to an aromatic ring is 1. The van der Waals surface area contributed by atoms with Crippen molar-refractivity contribution < 1.29 is 13.5 Å². The number of rotatable bonds is 9. The number of piperidine rings is 1. The largest absolute Gasteiger partial charge is 0.491 e. The zero-order valence-electron chi connectivity index (χ0n) is 21.0. The highest BCUT2D eigenvalue weighted by molar-refractivity contribution is 5.79. The molecule has 0 radical (unpaired) electrons. The maximum Gasteiger partial charge on any atom is 0.177 e. The van der Waals surface area contributed by atoms with Crippen LogP contribution in [-0.4, -0.2) is 29.6 Å². The second-order valence-corrected chi connectivity index (χ2v) is 8.96. The van der Waals surface area contributed by atoms with E-state index in [4.69, 9.17) is 10.5 Å². The molecule has 0 amide bonds. The highest BCUT2D eigenvalue weighted by atomic mass is 19.1. The molecule has 1 aliphatic heterocycles. The van der Waals surface area contributed by atoms with Gasteiger partial charge in [-0.15, -0.1) is 0 Å². The Labute approximate surface area is 212 Å². The summed E-state index contributed by atoms with van der Waals surface area (Å²) in [6.45, 7) is 10.0. The van der Waals surface area contributed by atoms with E-state index in [1.807, 2.05) is 13.0 Å². The van der Waals surface area contributed by atoms with Gasteiger partial charge in [-0.05, 0) is 87.9 Å². The van der Waals surface area contributed by atoms with Crippen molar-refractivity contribution >= 4 is 11.4 Å². The lowest BCUT2D eigenvalue weighted by Gasteiger charge is -2.31. The fourth-order valence-corrected chi connectivity index (χ4v) is 4.48. The number of likely N-dealkylation sites (tertiary alicyclic amines) is 1. The summed E-state index contributed by atoms with van der Waals surface area (Å²) in [6.07, 6.45) is 11.2. The number of nitrogens with zero attached hydrogens (tertiary/aromatic N) is 2. The normalized spacial score (nSPS) is 16.1. The molecule has 2 aliphatic rings. The molecule has 190 valence electrons.